The van der Waals surface area contributed by atoms with Gasteiger partial charge < -0.3 is 11.5 Å². The maximum Gasteiger partial charge on any atom is 0.166 e. The van der Waals surface area contributed by atoms with Gasteiger partial charge in [-0.25, -0.2) is 9.37 Å². The van der Waals surface area contributed by atoms with E-state index < -0.39 is 5.82 Å². The lowest BCUT2D eigenvalue weighted by atomic mass is 10.3. The highest BCUT2D eigenvalue weighted by Gasteiger charge is 2.05. The summed E-state index contributed by atoms with van der Waals surface area (Å²) in [7, 11) is 0. The first-order chi connectivity index (χ1) is 4.63. The van der Waals surface area contributed by atoms with Gasteiger partial charge in [0.05, 0.1) is 17.6 Å². The summed E-state index contributed by atoms with van der Waals surface area (Å²) in [5, 5.41) is 0. The number of nitrogens with two attached hydrogens (primary N) is 2. The van der Waals surface area contributed by atoms with E-state index in [4.69, 9.17) is 11.5 Å². The average molecular weight is 206 g/mol. The normalized spacial score (nSPS) is 9.80. The Morgan fingerprint density at radius 2 is 2.00 bits per heavy atom. The zero-order valence-corrected chi connectivity index (χ0v) is 6.52. The van der Waals surface area contributed by atoms with Gasteiger partial charge in [0.2, 0.25) is 0 Å². The minimum absolute atomic E-state index is 0.0677. The molecule has 4 N–H and O–H groups in total. The molecule has 1 aromatic heterocycles. The molecule has 0 aliphatic heterocycles. The monoisotopic (exact) mass is 205 g/mol. The molecule has 1 heterocycles. The topological polar surface area (TPSA) is 64.9 Å². The van der Waals surface area contributed by atoms with Crippen molar-refractivity contribution in [3.63, 3.8) is 0 Å². The van der Waals surface area contributed by atoms with Gasteiger partial charge in [0.1, 0.15) is 4.60 Å². The minimum atomic E-state index is -0.597. The first kappa shape index (κ1) is 7.27. The number of anilines is 2. The Kier molecular flexibility index (Phi) is 1.76. The SMILES string of the molecule is Nc1c(F)cnc(Br)c1N. The van der Waals surface area contributed by atoms with Crippen molar-refractivity contribution in [2.75, 3.05) is 11.5 Å². The Labute approximate surface area is 65.4 Å². The van der Waals surface area contributed by atoms with Crippen LogP contribution in [0.1, 0.15) is 0 Å². The van der Waals surface area contributed by atoms with Crippen LogP contribution in [0.25, 0.3) is 0 Å². The van der Waals surface area contributed by atoms with Crippen LogP contribution in [0.15, 0.2) is 10.8 Å². The van der Waals surface area contributed by atoms with Gasteiger partial charge in [-0.2, -0.15) is 0 Å². The van der Waals surface area contributed by atoms with Crippen LogP contribution in [0.3, 0.4) is 0 Å². The molecular weight excluding hydrogens is 201 g/mol. The van der Waals surface area contributed by atoms with Crippen molar-refractivity contribution >= 4 is 27.3 Å². The summed E-state index contributed by atoms with van der Waals surface area (Å²) in [5.41, 5.74) is 10.6. The maximum atomic E-state index is 12.5. The highest BCUT2D eigenvalue weighted by Crippen LogP contribution is 2.24. The van der Waals surface area contributed by atoms with Crippen LogP contribution < -0.4 is 11.5 Å². The lowest BCUT2D eigenvalue weighted by molar-refractivity contribution is 0.626. The van der Waals surface area contributed by atoms with E-state index in [1.165, 1.54) is 0 Å². The van der Waals surface area contributed by atoms with Crippen molar-refractivity contribution in [1.82, 2.24) is 4.98 Å². The van der Waals surface area contributed by atoms with E-state index >= 15 is 0 Å². The predicted octanol–water partition coefficient (Wildman–Crippen LogP) is 1.15. The Morgan fingerprint density at radius 3 is 2.50 bits per heavy atom. The minimum Gasteiger partial charge on any atom is -0.395 e. The molecule has 0 radical (unpaired) electrons. The van der Waals surface area contributed by atoms with E-state index in [1.54, 1.807) is 0 Å². The van der Waals surface area contributed by atoms with Crippen molar-refractivity contribution < 1.29 is 4.39 Å². The van der Waals surface area contributed by atoms with E-state index in [1.807, 2.05) is 0 Å². The maximum absolute atomic E-state index is 12.5. The van der Waals surface area contributed by atoms with Crippen molar-refractivity contribution in [3.05, 3.63) is 16.6 Å². The number of halogens is 2. The molecule has 54 valence electrons. The molecule has 0 saturated carbocycles. The standard InChI is InChI=1S/C5H5BrFN3/c6-5-4(9)3(8)2(7)1-10-5/h1H,9H2,(H2,8,10). The molecule has 0 spiro atoms. The van der Waals surface area contributed by atoms with Crippen LogP contribution in [-0.4, -0.2) is 4.98 Å². The highest BCUT2D eigenvalue weighted by molar-refractivity contribution is 9.10. The number of nitrogen functional groups attached to an aromatic ring is 2. The van der Waals surface area contributed by atoms with Gasteiger partial charge in [0, 0.05) is 0 Å². The summed E-state index contributed by atoms with van der Waals surface area (Å²) in [6.45, 7) is 0. The Hall–Kier alpha value is -0.840. The lowest BCUT2D eigenvalue weighted by Gasteiger charge is -2.00. The summed E-state index contributed by atoms with van der Waals surface area (Å²) < 4.78 is 12.8. The third-order valence-corrected chi connectivity index (χ3v) is 1.69. The second kappa shape index (κ2) is 2.42. The zero-order chi connectivity index (χ0) is 7.72. The fraction of sp³-hybridized carbons (Fsp3) is 0. The van der Waals surface area contributed by atoms with E-state index in [9.17, 15) is 4.39 Å². The quantitative estimate of drug-likeness (QED) is 0.625. The van der Waals surface area contributed by atoms with Crippen LogP contribution in [0, 0.1) is 5.82 Å². The number of pyridine rings is 1. The number of hydrogen-bond acceptors (Lipinski definition) is 3. The lowest BCUT2D eigenvalue weighted by Crippen LogP contribution is -2.00. The van der Waals surface area contributed by atoms with E-state index in [0.717, 1.165) is 6.20 Å². The average Bonchev–Trinajstić information content (AvgIpc) is 1.93. The Balaban J connectivity index is 3.34. The number of nitrogens with zero attached hydrogens (tertiary/aromatic N) is 1. The number of aromatic nitrogens is 1. The van der Waals surface area contributed by atoms with Crippen LogP contribution in [0.2, 0.25) is 0 Å². The number of rotatable bonds is 0. The molecule has 3 nitrogen and oxygen atoms in total. The molecule has 0 aliphatic rings. The van der Waals surface area contributed by atoms with Gasteiger partial charge >= 0.3 is 0 Å². The molecule has 0 fully saturated rings. The first-order valence-corrected chi connectivity index (χ1v) is 3.27. The fourth-order valence-corrected chi connectivity index (χ4v) is 0.808. The van der Waals surface area contributed by atoms with Gasteiger partial charge in [-0.3, -0.25) is 0 Å². The van der Waals surface area contributed by atoms with Gasteiger partial charge in [0.25, 0.3) is 0 Å². The van der Waals surface area contributed by atoms with Gasteiger partial charge in [-0.15, -0.1) is 0 Å². The van der Waals surface area contributed by atoms with Crippen LogP contribution in [0.4, 0.5) is 15.8 Å². The second-order valence-electron chi connectivity index (χ2n) is 1.72. The van der Waals surface area contributed by atoms with Crippen LogP contribution in [-0.2, 0) is 0 Å². The van der Waals surface area contributed by atoms with Gasteiger partial charge in [-0.1, -0.05) is 0 Å². The summed E-state index contributed by atoms with van der Waals surface area (Å²) in [4.78, 5) is 3.58. The van der Waals surface area contributed by atoms with E-state index in [2.05, 4.69) is 20.9 Å². The zero-order valence-electron chi connectivity index (χ0n) is 4.94. The molecular formula is C5H5BrFN3. The summed E-state index contributed by atoms with van der Waals surface area (Å²) in [5.74, 6) is -0.597. The molecule has 0 amide bonds. The number of hydrogen-bond donors (Lipinski definition) is 2. The molecule has 5 heteroatoms. The molecule has 10 heavy (non-hydrogen) atoms. The summed E-state index contributed by atoms with van der Waals surface area (Å²) in [6, 6.07) is 0. The van der Waals surface area contributed by atoms with Gasteiger partial charge in [-0.05, 0) is 15.9 Å². The molecule has 0 bridgehead atoms. The van der Waals surface area contributed by atoms with Crippen molar-refractivity contribution in [2.45, 2.75) is 0 Å². The first-order valence-electron chi connectivity index (χ1n) is 2.48. The van der Waals surface area contributed by atoms with Crippen molar-refractivity contribution in [2.24, 2.45) is 0 Å². The third kappa shape index (κ3) is 1.04. The van der Waals surface area contributed by atoms with Crippen LogP contribution >= 0.6 is 15.9 Å². The predicted molar refractivity (Wildman–Crippen MR) is 40.7 cm³/mol. The molecule has 0 aliphatic carbocycles. The Morgan fingerprint density at radius 1 is 1.40 bits per heavy atom. The van der Waals surface area contributed by atoms with E-state index in [0.29, 0.717) is 4.60 Å². The third-order valence-electron chi connectivity index (χ3n) is 1.06. The smallest absolute Gasteiger partial charge is 0.166 e. The largest absolute Gasteiger partial charge is 0.395 e. The molecule has 0 saturated heterocycles. The van der Waals surface area contributed by atoms with Crippen molar-refractivity contribution in [3.8, 4) is 0 Å². The van der Waals surface area contributed by atoms with Gasteiger partial charge in [0.15, 0.2) is 5.82 Å². The fourth-order valence-electron chi connectivity index (χ4n) is 0.492. The van der Waals surface area contributed by atoms with Crippen LogP contribution in [0.5, 0.6) is 0 Å². The highest BCUT2D eigenvalue weighted by atomic mass is 79.9. The molecule has 0 atom stereocenters. The molecule has 1 rings (SSSR count). The second-order valence-corrected chi connectivity index (χ2v) is 2.48. The molecule has 0 unspecified atom stereocenters. The Bertz CT molecular complexity index is 236. The molecule has 1 aromatic rings. The summed E-state index contributed by atoms with van der Waals surface area (Å²) >= 11 is 3.00. The van der Waals surface area contributed by atoms with Crippen molar-refractivity contribution in [1.29, 1.82) is 0 Å². The molecule has 0 aromatic carbocycles. The van der Waals surface area contributed by atoms with E-state index in [-0.39, 0.29) is 11.4 Å². The summed E-state index contributed by atoms with van der Waals surface area (Å²) in [6.07, 6.45) is 1.01.